The quantitative estimate of drug-likeness (QED) is 0.916. The fourth-order valence-electron chi connectivity index (χ4n) is 1.50. The van der Waals surface area contributed by atoms with E-state index in [0.717, 1.165) is 27.4 Å². The van der Waals surface area contributed by atoms with Crippen LogP contribution in [0.1, 0.15) is 5.82 Å². The van der Waals surface area contributed by atoms with Crippen molar-refractivity contribution in [3.8, 4) is 11.3 Å². The number of nitrogens with zero attached hydrogens (tertiary/aromatic N) is 2. The molecule has 0 atom stereocenters. The van der Waals surface area contributed by atoms with E-state index in [1.807, 2.05) is 44.3 Å². The number of hydrogen-bond donors (Lipinski definition) is 1. The van der Waals surface area contributed by atoms with Crippen molar-refractivity contribution in [2.75, 3.05) is 12.4 Å². The van der Waals surface area contributed by atoms with Gasteiger partial charge < -0.3 is 5.32 Å². The topological polar surface area (TPSA) is 37.8 Å². The summed E-state index contributed by atoms with van der Waals surface area (Å²) in [6.07, 6.45) is 0. The maximum Gasteiger partial charge on any atom is 0.130 e. The average molecular weight is 278 g/mol. The van der Waals surface area contributed by atoms with Crippen molar-refractivity contribution in [2.24, 2.45) is 0 Å². The van der Waals surface area contributed by atoms with Crippen LogP contribution in [0.4, 0.5) is 5.82 Å². The second-order valence-corrected chi connectivity index (χ2v) is 4.27. The van der Waals surface area contributed by atoms with E-state index in [9.17, 15) is 0 Å². The first-order valence-corrected chi connectivity index (χ1v) is 5.78. The predicted octanol–water partition coefficient (Wildman–Crippen LogP) is 3.26. The molecule has 1 heterocycles. The number of aryl methyl sites for hydroxylation is 1. The van der Waals surface area contributed by atoms with E-state index >= 15 is 0 Å². The Hall–Kier alpha value is -1.42. The van der Waals surface area contributed by atoms with Crippen LogP contribution in [0.15, 0.2) is 34.8 Å². The van der Waals surface area contributed by atoms with Crippen LogP contribution in [0.3, 0.4) is 0 Å². The van der Waals surface area contributed by atoms with Crippen LogP contribution < -0.4 is 5.32 Å². The molecule has 0 spiro atoms. The van der Waals surface area contributed by atoms with E-state index in [0.29, 0.717) is 0 Å². The summed E-state index contributed by atoms with van der Waals surface area (Å²) < 4.78 is 1.04. The molecule has 2 rings (SSSR count). The number of benzene rings is 1. The molecule has 1 aromatic carbocycles. The molecule has 4 heteroatoms. The average Bonchev–Trinajstić information content (AvgIpc) is 2.28. The number of rotatable bonds is 2. The summed E-state index contributed by atoms with van der Waals surface area (Å²) in [6, 6.07) is 9.96. The first-order valence-electron chi connectivity index (χ1n) is 4.99. The lowest BCUT2D eigenvalue weighted by molar-refractivity contribution is 1.06. The van der Waals surface area contributed by atoms with Crippen LogP contribution in [-0.2, 0) is 0 Å². The number of halogens is 1. The van der Waals surface area contributed by atoms with Gasteiger partial charge in [-0.1, -0.05) is 34.1 Å². The molecule has 0 radical (unpaired) electrons. The molecule has 0 aliphatic heterocycles. The van der Waals surface area contributed by atoms with Gasteiger partial charge in [-0.05, 0) is 13.0 Å². The highest BCUT2D eigenvalue weighted by molar-refractivity contribution is 9.10. The van der Waals surface area contributed by atoms with Crippen LogP contribution in [0.5, 0.6) is 0 Å². The highest BCUT2D eigenvalue weighted by atomic mass is 79.9. The second-order valence-electron chi connectivity index (χ2n) is 3.42. The minimum atomic E-state index is 0.762. The Morgan fingerprint density at radius 1 is 1.19 bits per heavy atom. The number of hydrogen-bond acceptors (Lipinski definition) is 3. The van der Waals surface area contributed by atoms with Crippen LogP contribution in [0, 0.1) is 6.92 Å². The summed E-state index contributed by atoms with van der Waals surface area (Å²) in [4.78, 5) is 8.70. The zero-order valence-corrected chi connectivity index (χ0v) is 10.7. The zero-order valence-electron chi connectivity index (χ0n) is 9.16. The van der Waals surface area contributed by atoms with Gasteiger partial charge in [0, 0.05) is 23.2 Å². The Morgan fingerprint density at radius 2 is 1.94 bits per heavy atom. The summed E-state index contributed by atoms with van der Waals surface area (Å²) in [5, 5.41) is 3.03. The van der Waals surface area contributed by atoms with E-state index in [-0.39, 0.29) is 0 Å². The Bertz CT molecular complexity index is 511. The van der Waals surface area contributed by atoms with Gasteiger partial charge in [-0.25, -0.2) is 9.97 Å². The Labute approximate surface area is 103 Å². The van der Waals surface area contributed by atoms with Gasteiger partial charge in [-0.2, -0.15) is 0 Å². The van der Waals surface area contributed by atoms with E-state index in [2.05, 4.69) is 31.2 Å². The molecule has 82 valence electrons. The lowest BCUT2D eigenvalue weighted by Gasteiger charge is -2.07. The predicted molar refractivity (Wildman–Crippen MR) is 69.5 cm³/mol. The largest absolute Gasteiger partial charge is 0.373 e. The fraction of sp³-hybridized carbons (Fsp3) is 0.167. The summed E-state index contributed by atoms with van der Waals surface area (Å²) in [5.41, 5.74) is 1.99. The van der Waals surface area contributed by atoms with Crippen LogP contribution >= 0.6 is 15.9 Å². The van der Waals surface area contributed by atoms with Gasteiger partial charge in [0.25, 0.3) is 0 Å². The molecule has 0 saturated heterocycles. The molecule has 0 fully saturated rings. The van der Waals surface area contributed by atoms with Gasteiger partial charge in [-0.15, -0.1) is 0 Å². The molecule has 2 aromatic rings. The van der Waals surface area contributed by atoms with Gasteiger partial charge >= 0.3 is 0 Å². The smallest absolute Gasteiger partial charge is 0.130 e. The maximum atomic E-state index is 4.43. The fourth-order valence-corrected chi connectivity index (χ4v) is 1.99. The second kappa shape index (κ2) is 4.61. The third kappa shape index (κ3) is 2.22. The number of nitrogens with one attached hydrogen (secondary N) is 1. The summed E-state index contributed by atoms with van der Waals surface area (Å²) in [5.74, 6) is 1.59. The van der Waals surface area contributed by atoms with Crippen molar-refractivity contribution in [3.63, 3.8) is 0 Å². The maximum absolute atomic E-state index is 4.43. The summed E-state index contributed by atoms with van der Waals surface area (Å²) >= 11 is 3.52. The number of anilines is 1. The molecule has 0 aliphatic carbocycles. The monoisotopic (exact) mass is 277 g/mol. The van der Waals surface area contributed by atoms with Gasteiger partial charge in [-0.3, -0.25) is 0 Å². The van der Waals surface area contributed by atoms with Gasteiger partial charge in [0.1, 0.15) is 11.6 Å². The Kier molecular flexibility index (Phi) is 3.19. The number of aromatic nitrogens is 2. The first-order chi connectivity index (χ1) is 7.70. The standard InChI is InChI=1S/C12H12BrN3/c1-8-15-11(7-12(14-2)16-8)9-5-3-4-6-10(9)13/h3-7H,1-2H3,(H,14,15,16). The third-order valence-corrected chi connectivity index (χ3v) is 2.94. The highest BCUT2D eigenvalue weighted by Gasteiger charge is 2.06. The van der Waals surface area contributed by atoms with Crippen molar-refractivity contribution in [2.45, 2.75) is 6.92 Å². The molecule has 1 aromatic heterocycles. The van der Waals surface area contributed by atoms with Crippen LogP contribution in [0.2, 0.25) is 0 Å². The van der Waals surface area contributed by atoms with Crippen molar-refractivity contribution in [1.29, 1.82) is 0 Å². The van der Waals surface area contributed by atoms with Crippen molar-refractivity contribution >= 4 is 21.7 Å². The zero-order chi connectivity index (χ0) is 11.5. The molecular weight excluding hydrogens is 266 g/mol. The molecule has 0 bridgehead atoms. The molecule has 3 nitrogen and oxygen atoms in total. The molecule has 0 amide bonds. The van der Waals surface area contributed by atoms with Crippen molar-refractivity contribution in [1.82, 2.24) is 9.97 Å². The van der Waals surface area contributed by atoms with Crippen LogP contribution in [-0.4, -0.2) is 17.0 Å². The van der Waals surface area contributed by atoms with Crippen LogP contribution in [0.25, 0.3) is 11.3 Å². The summed E-state index contributed by atoms with van der Waals surface area (Å²) in [7, 11) is 1.85. The minimum Gasteiger partial charge on any atom is -0.373 e. The van der Waals surface area contributed by atoms with E-state index in [4.69, 9.17) is 0 Å². The lowest BCUT2D eigenvalue weighted by Crippen LogP contribution is -1.98. The minimum absolute atomic E-state index is 0.762. The Balaban J connectivity index is 2.56. The SMILES string of the molecule is CNc1cc(-c2ccccc2Br)nc(C)n1. The normalized spacial score (nSPS) is 10.2. The van der Waals surface area contributed by atoms with Gasteiger partial charge in [0.15, 0.2) is 0 Å². The van der Waals surface area contributed by atoms with E-state index < -0.39 is 0 Å². The van der Waals surface area contributed by atoms with Crippen molar-refractivity contribution in [3.05, 3.63) is 40.6 Å². The third-order valence-electron chi connectivity index (χ3n) is 2.24. The molecule has 0 saturated carbocycles. The molecule has 1 N–H and O–H groups in total. The van der Waals surface area contributed by atoms with Gasteiger partial charge in [0.2, 0.25) is 0 Å². The lowest BCUT2D eigenvalue weighted by atomic mass is 10.1. The van der Waals surface area contributed by atoms with E-state index in [1.165, 1.54) is 0 Å². The Morgan fingerprint density at radius 3 is 2.62 bits per heavy atom. The van der Waals surface area contributed by atoms with Crippen molar-refractivity contribution < 1.29 is 0 Å². The van der Waals surface area contributed by atoms with E-state index in [1.54, 1.807) is 0 Å². The molecule has 0 aliphatic rings. The first kappa shape index (κ1) is 11.1. The molecular formula is C12H12BrN3. The highest BCUT2D eigenvalue weighted by Crippen LogP contribution is 2.27. The molecule has 0 unspecified atom stereocenters. The summed E-state index contributed by atoms with van der Waals surface area (Å²) in [6.45, 7) is 1.89. The van der Waals surface area contributed by atoms with Gasteiger partial charge in [0.05, 0.1) is 5.69 Å². The molecule has 16 heavy (non-hydrogen) atoms.